The lowest BCUT2D eigenvalue weighted by atomic mass is 9.92. The standard InChI is InChI=1S/C15H28N2O2/c1-11(2)9-17-8-7-12(10-17)15(19)16-13-5-3-4-6-14(13)18/h11-14,18H,3-10H2,1-2H3,(H,16,19). The van der Waals surface area contributed by atoms with Gasteiger partial charge in [0.05, 0.1) is 18.1 Å². The molecule has 3 unspecified atom stereocenters. The zero-order valence-corrected chi connectivity index (χ0v) is 12.3. The fourth-order valence-corrected chi connectivity index (χ4v) is 3.31. The molecular weight excluding hydrogens is 240 g/mol. The summed E-state index contributed by atoms with van der Waals surface area (Å²) in [6.45, 7) is 7.42. The smallest absolute Gasteiger partial charge is 0.224 e. The van der Waals surface area contributed by atoms with E-state index in [-0.39, 0.29) is 24.0 Å². The van der Waals surface area contributed by atoms with Crippen LogP contribution in [0.25, 0.3) is 0 Å². The molecule has 110 valence electrons. The van der Waals surface area contributed by atoms with Gasteiger partial charge in [-0.2, -0.15) is 0 Å². The molecule has 2 rings (SSSR count). The molecule has 0 aromatic rings. The maximum absolute atomic E-state index is 12.2. The number of aliphatic hydroxyl groups excluding tert-OH is 1. The van der Waals surface area contributed by atoms with Crippen LogP contribution in [0, 0.1) is 11.8 Å². The van der Waals surface area contributed by atoms with Crippen molar-refractivity contribution in [3.05, 3.63) is 0 Å². The van der Waals surface area contributed by atoms with Crippen LogP contribution in [0.2, 0.25) is 0 Å². The SMILES string of the molecule is CC(C)CN1CCC(C(=O)NC2CCCCC2O)C1. The summed E-state index contributed by atoms with van der Waals surface area (Å²) in [5, 5.41) is 13.0. The zero-order valence-electron chi connectivity index (χ0n) is 12.3. The minimum atomic E-state index is -0.342. The summed E-state index contributed by atoms with van der Waals surface area (Å²) in [6, 6.07) is -0.0135. The Bertz CT molecular complexity index is 307. The summed E-state index contributed by atoms with van der Waals surface area (Å²) in [6.07, 6.45) is 4.57. The Kier molecular flexibility index (Phi) is 5.22. The van der Waals surface area contributed by atoms with Crippen LogP contribution < -0.4 is 5.32 Å². The molecule has 1 saturated heterocycles. The molecule has 0 radical (unpaired) electrons. The van der Waals surface area contributed by atoms with Crippen molar-refractivity contribution in [3.63, 3.8) is 0 Å². The summed E-state index contributed by atoms with van der Waals surface area (Å²) < 4.78 is 0. The predicted octanol–water partition coefficient (Wildman–Crippen LogP) is 1.38. The second-order valence-corrected chi connectivity index (χ2v) is 6.61. The Balaban J connectivity index is 1.77. The van der Waals surface area contributed by atoms with Crippen molar-refractivity contribution in [2.24, 2.45) is 11.8 Å². The summed E-state index contributed by atoms with van der Waals surface area (Å²) in [7, 11) is 0. The van der Waals surface area contributed by atoms with Crippen LogP contribution in [0.15, 0.2) is 0 Å². The summed E-state index contributed by atoms with van der Waals surface area (Å²) in [4.78, 5) is 14.6. The quantitative estimate of drug-likeness (QED) is 0.810. The largest absolute Gasteiger partial charge is 0.391 e. The number of carbonyl (C=O) groups is 1. The lowest BCUT2D eigenvalue weighted by Gasteiger charge is -2.29. The van der Waals surface area contributed by atoms with E-state index in [0.717, 1.165) is 51.7 Å². The maximum atomic E-state index is 12.2. The molecule has 0 aromatic heterocycles. The first-order valence-corrected chi connectivity index (χ1v) is 7.77. The van der Waals surface area contributed by atoms with Gasteiger partial charge in [-0.1, -0.05) is 26.7 Å². The Morgan fingerprint density at radius 2 is 2.05 bits per heavy atom. The van der Waals surface area contributed by atoms with Crippen molar-refractivity contribution < 1.29 is 9.90 Å². The molecule has 4 heteroatoms. The van der Waals surface area contributed by atoms with E-state index >= 15 is 0 Å². The highest BCUT2D eigenvalue weighted by atomic mass is 16.3. The number of hydrogen-bond donors (Lipinski definition) is 2. The molecule has 2 aliphatic rings. The number of likely N-dealkylation sites (tertiary alicyclic amines) is 1. The molecule has 2 N–H and O–H groups in total. The topological polar surface area (TPSA) is 52.6 Å². The third-order valence-electron chi connectivity index (χ3n) is 4.32. The van der Waals surface area contributed by atoms with Gasteiger partial charge >= 0.3 is 0 Å². The Morgan fingerprint density at radius 3 is 2.74 bits per heavy atom. The van der Waals surface area contributed by atoms with E-state index in [1.54, 1.807) is 0 Å². The van der Waals surface area contributed by atoms with E-state index in [0.29, 0.717) is 5.92 Å². The molecule has 0 bridgehead atoms. The van der Waals surface area contributed by atoms with Crippen LogP contribution in [-0.2, 0) is 4.79 Å². The summed E-state index contributed by atoms with van der Waals surface area (Å²) in [5.74, 6) is 0.923. The van der Waals surface area contributed by atoms with Crippen molar-refractivity contribution in [1.29, 1.82) is 0 Å². The maximum Gasteiger partial charge on any atom is 0.224 e. The van der Waals surface area contributed by atoms with Crippen LogP contribution in [0.4, 0.5) is 0 Å². The van der Waals surface area contributed by atoms with Crippen LogP contribution >= 0.6 is 0 Å². The van der Waals surface area contributed by atoms with Gasteiger partial charge in [0.1, 0.15) is 0 Å². The first-order valence-electron chi connectivity index (χ1n) is 7.77. The van der Waals surface area contributed by atoms with Crippen LogP contribution in [-0.4, -0.2) is 47.7 Å². The summed E-state index contributed by atoms with van der Waals surface area (Å²) in [5.41, 5.74) is 0. The van der Waals surface area contributed by atoms with E-state index in [1.807, 2.05) is 0 Å². The van der Waals surface area contributed by atoms with Crippen molar-refractivity contribution >= 4 is 5.91 Å². The third-order valence-corrected chi connectivity index (χ3v) is 4.32. The second kappa shape index (κ2) is 6.71. The Labute approximate surface area is 116 Å². The van der Waals surface area contributed by atoms with Gasteiger partial charge in [-0.05, 0) is 31.7 Å². The summed E-state index contributed by atoms with van der Waals surface area (Å²) >= 11 is 0. The predicted molar refractivity (Wildman–Crippen MR) is 75.8 cm³/mol. The molecule has 0 aromatic carbocycles. The Hall–Kier alpha value is -0.610. The van der Waals surface area contributed by atoms with Gasteiger partial charge in [-0.15, -0.1) is 0 Å². The molecule has 1 aliphatic carbocycles. The second-order valence-electron chi connectivity index (χ2n) is 6.61. The lowest BCUT2D eigenvalue weighted by Crippen LogP contribution is -2.47. The highest BCUT2D eigenvalue weighted by Crippen LogP contribution is 2.21. The molecule has 19 heavy (non-hydrogen) atoms. The average Bonchev–Trinajstić information content (AvgIpc) is 2.79. The van der Waals surface area contributed by atoms with E-state index in [1.165, 1.54) is 0 Å². The number of carbonyl (C=O) groups excluding carboxylic acids is 1. The van der Waals surface area contributed by atoms with Crippen molar-refractivity contribution in [3.8, 4) is 0 Å². The van der Waals surface area contributed by atoms with E-state index < -0.39 is 0 Å². The van der Waals surface area contributed by atoms with Gasteiger partial charge in [-0.3, -0.25) is 4.79 Å². The number of nitrogens with zero attached hydrogens (tertiary/aromatic N) is 1. The fraction of sp³-hybridized carbons (Fsp3) is 0.933. The lowest BCUT2D eigenvalue weighted by molar-refractivity contribution is -0.126. The van der Waals surface area contributed by atoms with Gasteiger partial charge in [0, 0.05) is 13.1 Å². The third kappa shape index (κ3) is 4.18. The van der Waals surface area contributed by atoms with Crippen molar-refractivity contribution in [2.45, 2.75) is 58.1 Å². The monoisotopic (exact) mass is 268 g/mol. The molecule has 1 aliphatic heterocycles. The van der Waals surface area contributed by atoms with E-state index in [9.17, 15) is 9.90 Å². The van der Waals surface area contributed by atoms with Crippen molar-refractivity contribution in [2.75, 3.05) is 19.6 Å². The van der Waals surface area contributed by atoms with E-state index in [4.69, 9.17) is 0 Å². The number of nitrogens with one attached hydrogen (secondary N) is 1. The number of hydrogen-bond acceptors (Lipinski definition) is 3. The van der Waals surface area contributed by atoms with Crippen LogP contribution in [0.3, 0.4) is 0 Å². The molecular formula is C15H28N2O2. The fourth-order valence-electron chi connectivity index (χ4n) is 3.31. The normalized spacial score (nSPS) is 32.7. The van der Waals surface area contributed by atoms with Gasteiger partial charge in [0.15, 0.2) is 0 Å². The van der Waals surface area contributed by atoms with Crippen LogP contribution in [0.5, 0.6) is 0 Å². The molecule has 1 saturated carbocycles. The minimum Gasteiger partial charge on any atom is -0.391 e. The number of amides is 1. The molecule has 4 nitrogen and oxygen atoms in total. The Morgan fingerprint density at radius 1 is 1.32 bits per heavy atom. The highest BCUT2D eigenvalue weighted by Gasteiger charge is 2.31. The molecule has 3 atom stereocenters. The first kappa shape index (κ1) is 14.8. The van der Waals surface area contributed by atoms with Gasteiger partial charge in [-0.25, -0.2) is 0 Å². The molecule has 1 heterocycles. The van der Waals surface area contributed by atoms with Crippen molar-refractivity contribution in [1.82, 2.24) is 10.2 Å². The van der Waals surface area contributed by atoms with Gasteiger partial charge in [0.2, 0.25) is 5.91 Å². The number of aliphatic hydroxyl groups is 1. The van der Waals surface area contributed by atoms with Crippen LogP contribution in [0.1, 0.15) is 46.0 Å². The average molecular weight is 268 g/mol. The molecule has 1 amide bonds. The zero-order chi connectivity index (χ0) is 13.8. The molecule has 2 fully saturated rings. The minimum absolute atomic E-state index is 0.0135. The van der Waals surface area contributed by atoms with E-state index in [2.05, 4.69) is 24.1 Å². The highest BCUT2D eigenvalue weighted by molar-refractivity contribution is 5.79. The molecule has 0 spiro atoms. The van der Waals surface area contributed by atoms with Gasteiger partial charge < -0.3 is 15.3 Å². The number of rotatable bonds is 4. The van der Waals surface area contributed by atoms with Gasteiger partial charge in [0.25, 0.3) is 0 Å². The first-order chi connectivity index (χ1) is 9.06.